The smallest absolute Gasteiger partial charge is 0.123 e. The standard InChI is InChI=1S/C25H30N4/c1-27-18-24(21-8-3-2-4-9-21)26-25(27)19-28-14-12-23(13-15-28)29-16-11-20-7-5-6-10-22(20)17-29/h2-10,18,23H,11-17,19H2,1H3. The predicted molar refractivity (Wildman–Crippen MR) is 117 cm³/mol. The first-order chi connectivity index (χ1) is 14.3. The van der Waals surface area contributed by atoms with Gasteiger partial charge in [0.05, 0.1) is 12.2 Å². The lowest BCUT2D eigenvalue weighted by atomic mass is 9.95. The third-order valence-corrected chi connectivity index (χ3v) is 6.64. The zero-order valence-electron chi connectivity index (χ0n) is 17.3. The molecule has 0 amide bonds. The lowest BCUT2D eigenvalue weighted by molar-refractivity contribution is 0.0933. The number of benzene rings is 2. The molecule has 3 aromatic rings. The molecule has 3 heterocycles. The highest BCUT2D eigenvalue weighted by Crippen LogP contribution is 2.26. The third kappa shape index (κ3) is 4.00. The highest BCUT2D eigenvalue weighted by atomic mass is 15.2. The Bertz CT molecular complexity index is 954. The maximum absolute atomic E-state index is 4.92. The Kier molecular flexibility index (Phi) is 5.21. The Morgan fingerprint density at radius 2 is 1.62 bits per heavy atom. The van der Waals surface area contributed by atoms with E-state index in [4.69, 9.17) is 4.98 Å². The van der Waals surface area contributed by atoms with Gasteiger partial charge in [-0.25, -0.2) is 4.98 Å². The van der Waals surface area contributed by atoms with Gasteiger partial charge in [-0.1, -0.05) is 54.6 Å². The Labute approximate surface area is 173 Å². The number of hydrogen-bond acceptors (Lipinski definition) is 3. The minimum atomic E-state index is 0.723. The number of rotatable bonds is 4. The lowest BCUT2D eigenvalue weighted by Crippen LogP contribution is -2.46. The molecule has 150 valence electrons. The molecular weight excluding hydrogens is 356 g/mol. The number of imidazole rings is 1. The zero-order chi connectivity index (χ0) is 19.6. The molecular formula is C25H30N4. The SMILES string of the molecule is Cn1cc(-c2ccccc2)nc1CN1CCC(N2CCc3ccccc3C2)CC1. The summed E-state index contributed by atoms with van der Waals surface area (Å²) in [5.41, 5.74) is 5.34. The van der Waals surface area contributed by atoms with Crippen LogP contribution in [0.25, 0.3) is 11.3 Å². The van der Waals surface area contributed by atoms with E-state index in [1.165, 1.54) is 36.9 Å². The van der Waals surface area contributed by atoms with E-state index in [0.717, 1.165) is 43.7 Å². The Morgan fingerprint density at radius 1 is 0.897 bits per heavy atom. The first kappa shape index (κ1) is 18.6. The second kappa shape index (κ2) is 8.13. The van der Waals surface area contributed by atoms with Gasteiger partial charge < -0.3 is 4.57 Å². The van der Waals surface area contributed by atoms with Crippen LogP contribution in [0.1, 0.15) is 29.8 Å². The molecule has 2 aliphatic heterocycles. The van der Waals surface area contributed by atoms with Crippen LogP contribution in [0.5, 0.6) is 0 Å². The number of likely N-dealkylation sites (tertiary alicyclic amines) is 1. The van der Waals surface area contributed by atoms with Gasteiger partial charge in [0.25, 0.3) is 0 Å². The molecule has 0 saturated carbocycles. The van der Waals surface area contributed by atoms with Crippen LogP contribution in [-0.2, 0) is 26.6 Å². The minimum Gasteiger partial charge on any atom is -0.336 e. The molecule has 29 heavy (non-hydrogen) atoms. The van der Waals surface area contributed by atoms with Crippen molar-refractivity contribution in [2.45, 2.75) is 38.4 Å². The second-order valence-electron chi connectivity index (χ2n) is 8.52. The fourth-order valence-electron chi connectivity index (χ4n) is 4.87. The summed E-state index contributed by atoms with van der Waals surface area (Å²) in [7, 11) is 2.12. The molecule has 4 nitrogen and oxygen atoms in total. The largest absolute Gasteiger partial charge is 0.336 e. The van der Waals surface area contributed by atoms with Crippen LogP contribution >= 0.6 is 0 Å². The molecule has 1 saturated heterocycles. The van der Waals surface area contributed by atoms with E-state index in [9.17, 15) is 0 Å². The van der Waals surface area contributed by atoms with Crippen LogP contribution in [0.4, 0.5) is 0 Å². The maximum atomic E-state index is 4.92. The van der Waals surface area contributed by atoms with Crippen molar-refractivity contribution in [3.8, 4) is 11.3 Å². The number of aromatic nitrogens is 2. The summed E-state index contributed by atoms with van der Waals surface area (Å²) in [4.78, 5) is 10.2. The summed E-state index contributed by atoms with van der Waals surface area (Å²) in [5, 5.41) is 0. The Balaban J connectivity index is 1.18. The third-order valence-electron chi connectivity index (χ3n) is 6.64. The summed E-state index contributed by atoms with van der Waals surface area (Å²) in [5.74, 6) is 1.16. The number of fused-ring (bicyclic) bond motifs is 1. The molecule has 1 aromatic heterocycles. The highest BCUT2D eigenvalue weighted by molar-refractivity contribution is 5.58. The summed E-state index contributed by atoms with van der Waals surface area (Å²) in [6.07, 6.45) is 5.88. The number of piperidine rings is 1. The summed E-state index contributed by atoms with van der Waals surface area (Å²) in [6.45, 7) is 5.60. The summed E-state index contributed by atoms with van der Waals surface area (Å²) in [6, 6.07) is 20.2. The second-order valence-corrected chi connectivity index (χ2v) is 8.52. The van der Waals surface area contributed by atoms with Crippen molar-refractivity contribution in [3.05, 3.63) is 77.7 Å². The first-order valence-electron chi connectivity index (χ1n) is 10.9. The van der Waals surface area contributed by atoms with Gasteiger partial charge in [-0.3, -0.25) is 9.80 Å². The van der Waals surface area contributed by atoms with Crippen LogP contribution < -0.4 is 0 Å². The topological polar surface area (TPSA) is 24.3 Å². The van der Waals surface area contributed by atoms with Crippen LogP contribution in [0.3, 0.4) is 0 Å². The summed E-state index contributed by atoms with van der Waals surface area (Å²) >= 11 is 0. The molecule has 1 fully saturated rings. The van der Waals surface area contributed by atoms with E-state index >= 15 is 0 Å². The Hall–Kier alpha value is -2.43. The minimum absolute atomic E-state index is 0.723. The number of nitrogens with zero attached hydrogens (tertiary/aromatic N) is 4. The van der Waals surface area contributed by atoms with Crippen molar-refractivity contribution in [1.29, 1.82) is 0 Å². The van der Waals surface area contributed by atoms with Gasteiger partial charge >= 0.3 is 0 Å². The van der Waals surface area contributed by atoms with Crippen molar-refractivity contribution in [2.75, 3.05) is 19.6 Å². The van der Waals surface area contributed by atoms with E-state index < -0.39 is 0 Å². The van der Waals surface area contributed by atoms with E-state index in [1.54, 1.807) is 5.56 Å². The van der Waals surface area contributed by atoms with Crippen molar-refractivity contribution < 1.29 is 0 Å². The van der Waals surface area contributed by atoms with Crippen molar-refractivity contribution in [1.82, 2.24) is 19.4 Å². The fourth-order valence-corrected chi connectivity index (χ4v) is 4.87. The van der Waals surface area contributed by atoms with E-state index in [2.05, 4.69) is 82.2 Å². The zero-order valence-corrected chi connectivity index (χ0v) is 17.3. The lowest BCUT2D eigenvalue weighted by Gasteiger charge is -2.40. The maximum Gasteiger partial charge on any atom is 0.123 e. The molecule has 4 heteroatoms. The molecule has 0 aliphatic carbocycles. The molecule has 0 atom stereocenters. The molecule has 0 N–H and O–H groups in total. The highest BCUT2D eigenvalue weighted by Gasteiger charge is 2.27. The van der Waals surface area contributed by atoms with Crippen LogP contribution in [-0.4, -0.2) is 45.0 Å². The van der Waals surface area contributed by atoms with Gasteiger partial charge in [-0.05, 0) is 30.4 Å². The van der Waals surface area contributed by atoms with E-state index in [1.807, 2.05) is 0 Å². The normalized spacial score (nSPS) is 18.7. The van der Waals surface area contributed by atoms with Crippen LogP contribution in [0.15, 0.2) is 60.8 Å². The monoisotopic (exact) mass is 386 g/mol. The van der Waals surface area contributed by atoms with Gasteiger partial charge in [0.15, 0.2) is 0 Å². The van der Waals surface area contributed by atoms with Crippen molar-refractivity contribution >= 4 is 0 Å². The quantitative estimate of drug-likeness (QED) is 0.674. The van der Waals surface area contributed by atoms with Gasteiger partial charge in [0, 0.05) is 51.0 Å². The average Bonchev–Trinajstić information content (AvgIpc) is 3.15. The van der Waals surface area contributed by atoms with Crippen LogP contribution in [0, 0.1) is 0 Å². The van der Waals surface area contributed by atoms with Gasteiger partial charge in [-0.15, -0.1) is 0 Å². The molecule has 0 unspecified atom stereocenters. The summed E-state index contributed by atoms with van der Waals surface area (Å²) < 4.78 is 2.19. The predicted octanol–water partition coefficient (Wildman–Crippen LogP) is 4.11. The van der Waals surface area contributed by atoms with E-state index in [-0.39, 0.29) is 0 Å². The van der Waals surface area contributed by atoms with Gasteiger partial charge in [0.1, 0.15) is 5.82 Å². The molecule has 0 radical (unpaired) electrons. The van der Waals surface area contributed by atoms with E-state index in [0.29, 0.717) is 0 Å². The molecule has 2 aromatic carbocycles. The average molecular weight is 387 g/mol. The van der Waals surface area contributed by atoms with Gasteiger partial charge in [0.2, 0.25) is 0 Å². The number of hydrogen-bond donors (Lipinski definition) is 0. The van der Waals surface area contributed by atoms with Crippen LogP contribution in [0.2, 0.25) is 0 Å². The first-order valence-corrected chi connectivity index (χ1v) is 10.9. The number of aryl methyl sites for hydroxylation is 1. The molecule has 2 aliphatic rings. The van der Waals surface area contributed by atoms with Crippen molar-refractivity contribution in [2.24, 2.45) is 7.05 Å². The Morgan fingerprint density at radius 3 is 2.41 bits per heavy atom. The molecule has 0 bridgehead atoms. The van der Waals surface area contributed by atoms with Gasteiger partial charge in [-0.2, -0.15) is 0 Å². The van der Waals surface area contributed by atoms with Crippen molar-refractivity contribution in [3.63, 3.8) is 0 Å². The molecule has 0 spiro atoms. The molecule has 5 rings (SSSR count). The fraction of sp³-hybridized carbons (Fsp3) is 0.400.